The lowest BCUT2D eigenvalue weighted by molar-refractivity contribution is 0.397. The van der Waals surface area contributed by atoms with Crippen molar-refractivity contribution in [1.82, 2.24) is 20.5 Å². The molecule has 0 atom stereocenters. The van der Waals surface area contributed by atoms with Crippen molar-refractivity contribution in [1.29, 1.82) is 0 Å². The molecule has 0 saturated carbocycles. The van der Waals surface area contributed by atoms with Crippen LogP contribution in [0.3, 0.4) is 0 Å². The van der Waals surface area contributed by atoms with E-state index in [0.29, 0.717) is 12.1 Å². The first kappa shape index (κ1) is 12.4. The Labute approximate surface area is 105 Å². The monoisotopic (exact) mass is 248 g/mol. The number of benzene rings is 1. The lowest BCUT2D eigenvalue weighted by atomic mass is 10.2. The van der Waals surface area contributed by atoms with Crippen molar-refractivity contribution in [3.63, 3.8) is 0 Å². The number of nitrogens with zero attached hydrogens (tertiary/aromatic N) is 2. The summed E-state index contributed by atoms with van der Waals surface area (Å²) in [5.74, 6) is 0.730. The molecule has 1 aromatic carbocycles. The largest absolute Gasteiger partial charge is 0.504 e. The van der Waals surface area contributed by atoms with E-state index in [9.17, 15) is 10.2 Å². The molecule has 0 aliphatic carbocycles. The third-order valence-corrected chi connectivity index (χ3v) is 2.65. The van der Waals surface area contributed by atoms with Gasteiger partial charge >= 0.3 is 0 Å². The van der Waals surface area contributed by atoms with Crippen LogP contribution in [0.15, 0.2) is 24.5 Å². The Kier molecular flexibility index (Phi) is 4.14. The normalized spacial score (nSPS) is 10.7. The maximum Gasteiger partial charge on any atom is 0.161 e. The molecule has 18 heavy (non-hydrogen) atoms. The summed E-state index contributed by atoms with van der Waals surface area (Å²) < 4.78 is 0. The number of aryl methyl sites for hydroxylation is 1. The lowest BCUT2D eigenvalue weighted by Gasteiger charge is -2.07. The van der Waals surface area contributed by atoms with Crippen LogP contribution in [-0.2, 0) is 13.0 Å². The van der Waals surface area contributed by atoms with E-state index < -0.39 is 0 Å². The Morgan fingerprint density at radius 3 is 2.94 bits per heavy atom. The highest BCUT2D eigenvalue weighted by atomic mass is 16.3. The average molecular weight is 248 g/mol. The van der Waals surface area contributed by atoms with E-state index in [4.69, 9.17) is 0 Å². The molecule has 0 fully saturated rings. The molecule has 4 N–H and O–H groups in total. The van der Waals surface area contributed by atoms with Crippen LogP contribution < -0.4 is 5.32 Å². The fourth-order valence-electron chi connectivity index (χ4n) is 1.68. The first-order valence-electron chi connectivity index (χ1n) is 5.82. The summed E-state index contributed by atoms with van der Waals surface area (Å²) in [6.45, 7) is 1.33. The van der Waals surface area contributed by atoms with E-state index in [1.807, 2.05) is 0 Å². The van der Waals surface area contributed by atoms with Gasteiger partial charge in [0, 0.05) is 18.5 Å². The van der Waals surface area contributed by atoms with E-state index in [2.05, 4.69) is 20.5 Å². The summed E-state index contributed by atoms with van der Waals surface area (Å²) in [5, 5.41) is 28.7. The first-order chi connectivity index (χ1) is 8.77. The van der Waals surface area contributed by atoms with Crippen molar-refractivity contribution in [3.8, 4) is 11.5 Å². The maximum absolute atomic E-state index is 9.59. The summed E-state index contributed by atoms with van der Waals surface area (Å²) in [4.78, 5) is 4.03. The van der Waals surface area contributed by atoms with Gasteiger partial charge in [0.2, 0.25) is 0 Å². The molecule has 0 aliphatic rings. The van der Waals surface area contributed by atoms with Gasteiger partial charge in [0.15, 0.2) is 11.5 Å². The van der Waals surface area contributed by atoms with Gasteiger partial charge in [0.1, 0.15) is 12.2 Å². The molecular weight excluding hydrogens is 232 g/mol. The van der Waals surface area contributed by atoms with Gasteiger partial charge in [-0.3, -0.25) is 5.10 Å². The molecule has 0 aliphatic heterocycles. The van der Waals surface area contributed by atoms with Gasteiger partial charge in [-0.25, -0.2) is 4.98 Å². The molecule has 96 valence electrons. The zero-order valence-electron chi connectivity index (χ0n) is 9.93. The third kappa shape index (κ3) is 3.21. The van der Waals surface area contributed by atoms with E-state index in [-0.39, 0.29) is 11.5 Å². The highest BCUT2D eigenvalue weighted by Gasteiger charge is 2.04. The smallest absolute Gasteiger partial charge is 0.161 e. The van der Waals surface area contributed by atoms with Gasteiger partial charge in [-0.05, 0) is 19.0 Å². The van der Waals surface area contributed by atoms with Crippen molar-refractivity contribution in [2.45, 2.75) is 19.4 Å². The minimum Gasteiger partial charge on any atom is -0.504 e. The number of aromatic hydroxyl groups is 2. The van der Waals surface area contributed by atoms with Crippen LogP contribution >= 0.6 is 0 Å². The van der Waals surface area contributed by atoms with E-state index in [1.54, 1.807) is 12.1 Å². The number of rotatable bonds is 6. The lowest BCUT2D eigenvalue weighted by Crippen LogP contribution is -2.15. The van der Waals surface area contributed by atoms with Crippen LogP contribution in [0.1, 0.15) is 17.8 Å². The minimum absolute atomic E-state index is 0.0553. The van der Waals surface area contributed by atoms with E-state index in [0.717, 1.165) is 25.2 Å². The number of phenolic OH excluding ortho intramolecular Hbond substituents is 2. The first-order valence-corrected chi connectivity index (χ1v) is 5.82. The quantitative estimate of drug-likeness (QED) is 0.451. The number of H-pyrrole nitrogens is 1. The van der Waals surface area contributed by atoms with Crippen molar-refractivity contribution in [2.75, 3.05) is 6.54 Å². The summed E-state index contributed by atoms with van der Waals surface area (Å²) in [5.41, 5.74) is 0.690. The van der Waals surface area contributed by atoms with Gasteiger partial charge in [-0.2, -0.15) is 5.10 Å². The number of para-hydroxylation sites is 1. The van der Waals surface area contributed by atoms with E-state index >= 15 is 0 Å². The molecule has 2 rings (SSSR count). The highest BCUT2D eigenvalue weighted by Crippen LogP contribution is 2.27. The Balaban J connectivity index is 1.70. The zero-order chi connectivity index (χ0) is 12.8. The number of hydrogen-bond donors (Lipinski definition) is 4. The predicted octanol–water partition coefficient (Wildman–Crippen LogP) is 0.938. The SMILES string of the molecule is Oc1cccc(CNCCCc2ncn[nH]2)c1O. The third-order valence-electron chi connectivity index (χ3n) is 2.65. The van der Waals surface area contributed by atoms with Crippen LogP contribution in [0.25, 0.3) is 0 Å². The molecule has 0 amide bonds. The molecule has 2 aromatic rings. The average Bonchev–Trinajstić information content (AvgIpc) is 2.87. The Hall–Kier alpha value is -2.08. The van der Waals surface area contributed by atoms with Crippen LogP contribution in [-0.4, -0.2) is 31.9 Å². The summed E-state index contributed by atoms with van der Waals surface area (Å²) in [6.07, 6.45) is 3.25. The molecule has 0 radical (unpaired) electrons. The van der Waals surface area contributed by atoms with Crippen molar-refractivity contribution in [2.24, 2.45) is 0 Å². The number of aromatic nitrogens is 3. The van der Waals surface area contributed by atoms with Crippen LogP contribution in [0.2, 0.25) is 0 Å². The van der Waals surface area contributed by atoms with Gasteiger partial charge in [-0.15, -0.1) is 0 Å². The second-order valence-electron chi connectivity index (χ2n) is 4.00. The Bertz CT molecular complexity index is 485. The number of nitrogens with one attached hydrogen (secondary N) is 2. The fraction of sp³-hybridized carbons (Fsp3) is 0.333. The molecule has 6 nitrogen and oxygen atoms in total. The molecule has 6 heteroatoms. The van der Waals surface area contributed by atoms with Crippen molar-refractivity contribution < 1.29 is 10.2 Å². The number of aromatic amines is 1. The van der Waals surface area contributed by atoms with Gasteiger partial charge in [-0.1, -0.05) is 12.1 Å². The number of hydrogen-bond acceptors (Lipinski definition) is 5. The van der Waals surface area contributed by atoms with Gasteiger partial charge in [0.05, 0.1) is 0 Å². The standard InChI is InChI=1S/C12H16N4O2/c17-10-4-1-3-9(12(10)18)7-13-6-2-5-11-14-8-15-16-11/h1,3-4,8,13,17-18H,2,5-7H2,(H,14,15,16). The zero-order valence-corrected chi connectivity index (χ0v) is 9.93. The van der Waals surface area contributed by atoms with Crippen molar-refractivity contribution >= 4 is 0 Å². The molecule has 0 saturated heterocycles. The molecular formula is C12H16N4O2. The molecule has 1 aromatic heterocycles. The van der Waals surface area contributed by atoms with Crippen LogP contribution in [0.5, 0.6) is 11.5 Å². The highest BCUT2D eigenvalue weighted by molar-refractivity contribution is 5.44. The second kappa shape index (κ2) is 6.02. The molecule has 0 unspecified atom stereocenters. The topological polar surface area (TPSA) is 94.1 Å². The van der Waals surface area contributed by atoms with E-state index in [1.165, 1.54) is 12.4 Å². The summed E-state index contributed by atoms with van der Waals surface area (Å²) in [6, 6.07) is 4.95. The summed E-state index contributed by atoms with van der Waals surface area (Å²) >= 11 is 0. The molecule has 0 spiro atoms. The van der Waals surface area contributed by atoms with Gasteiger partial charge in [0.25, 0.3) is 0 Å². The van der Waals surface area contributed by atoms with Crippen molar-refractivity contribution in [3.05, 3.63) is 35.9 Å². The molecule has 1 heterocycles. The number of phenols is 2. The van der Waals surface area contributed by atoms with Gasteiger partial charge < -0.3 is 15.5 Å². The second-order valence-corrected chi connectivity index (χ2v) is 4.00. The fourth-order valence-corrected chi connectivity index (χ4v) is 1.68. The minimum atomic E-state index is -0.0871. The Morgan fingerprint density at radius 1 is 1.28 bits per heavy atom. The summed E-state index contributed by atoms with van der Waals surface area (Å²) in [7, 11) is 0. The Morgan fingerprint density at radius 2 is 2.17 bits per heavy atom. The van der Waals surface area contributed by atoms with Crippen LogP contribution in [0.4, 0.5) is 0 Å². The predicted molar refractivity (Wildman–Crippen MR) is 66.2 cm³/mol. The molecule has 0 bridgehead atoms. The maximum atomic E-state index is 9.59. The van der Waals surface area contributed by atoms with Crippen LogP contribution in [0, 0.1) is 0 Å².